The molecular formula is C19H20F2N2O3S. The topological polar surface area (TPSA) is 75.3 Å². The van der Waals surface area contributed by atoms with Crippen LogP contribution in [-0.4, -0.2) is 19.9 Å². The zero-order valence-electron chi connectivity index (χ0n) is 15.0. The van der Waals surface area contributed by atoms with E-state index in [-0.39, 0.29) is 11.3 Å². The molecule has 0 atom stereocenters. The standard InChI is InChI=1S/C19H20F2N2O3S/c1-12-4-6-14(11-16(12)21)22-18(24)13-5-7-15(20)17(10-13)27(25,26)23-19(2)8-3-9-19/h4-7,10-11,23H,3,8-9H2,1-2H3,(H,22,24). The molecule has 2 aromatic carbocycles. The van der Waals surface area contributed by atoms with Gasteiger partial charge >= 0.3 is 0 Å². The number of sulfonamides is 1. The fraction of sp³-hybridized carbons (Fsp3) is 0.316. The molecule has 0 saturated heterocycles. The van der Waals surface area contributed by atoms with Crippen LogP contribution in [0.2, 0.25) is 0 Å². The molecule has 1 amide bonds. The molecule has 2 N–H and O–H groups in total. The molecule has 1 fully saturated rings. The monoisotopic (exact) mass is 394 g/mol. The number of hydrogen-bond acceptors (Lipinski definition) is 3. The van der Waals surface area contributed by atoms with Crippen LogP contribution in [0.3, 0.4) is 0 Å². The lowest BCUT2D eigenvalue weighted by molar-refractivity contribution is 0.102. The Morgan fingerprint density at radius 3 is 2.37 bits per heavy atom. The van der Waals surface area contributed by atoms with Gasteiger partial charge in [-0.2, -0.15) is 0 Å². The van der Waals surface area contributed by atoms with Crippen LogP contribution < -0.4 is 10.0 Å². The molecule has 1 aliphatic carbocycles. The van der Waals surface area contributed by atoms with Crippen molar-refractivity contribution in [2.24, 2.45) is 0 Å². The summed E-state index contributed by atoms with van der Waals surface area (Å²) < 4.78 is 55.4. The second-order valence-corrected chi connectivity index (χ2v) is 8.73. The normalized spacial score (nSPS) is 15.9. The third-order valence-corrected chi connectivity index (χ3v) is 6.40. The van der Waals surface area contributed by atoms with Crippen LogP contribution in [0, 0.1) is 18.6 Å². The SMILES string of the molecule is Cc1ccc(NC(=O)c2ccc(F)c(S(=O)(=O)NC3(C)CCC3)c2)cc1F. The van der Waals surface area contributed by atoms with Crippen molar-refractivity contribution in [2.75, 3.05) is 5.32 Å². The third-order valence-electron chi connectivity index (χ3n) is 4.75. The van der Waals surface area contributed by atoms with Crippen LogP contribution in [0.1, 0.15) is 42.1 Å². The lowest BCUT2D eigenvalue weighted by Crippen LogP contribution is -2.50. The van der Waals surface area contributed by atoms with E-state index in [0.29, 0.717) is 18.4 Å². The first-order valence-electron chi connectivity index (χ1n) is 8.51. The highest BCUT2D eigenvalue weighted by atomic mass is 32.2. The molecule has 0 aliphatic heterocycles. The summed E-state index contributed by atoms with van der Waals surface area (Å²) in [5, 5.41) is 2.48. The Labute approximate surface area is 156 Å². The van der Waals surface area contributed by atoms with E-state index >= 15 is 0 Å². The minimum atomic E-state index is -4.12. The number of halogens is 2. The molecule has 8 heteroatoms. The zero-order chi connectivity index (χ0) is 19.8. The van der Waals surface area contributed by atoms with E-state index in [4.69, 9.17) is 0 Å². The minimum Gasteiger partial charge on any atom is -0.322 e. The van der Waals surface area contributed by atoms with E-state index in [0.717, 1.165) is 24.6 Å². The van der Waals surface area contributed by atoms with E-state index in [1.54, 1.807) is 13.8 Å². The van der Waals surface area contributed by atoms with E-state index in [2.05, 4.69) is 10.0 Å². The van der Waals surface area contributed by atoms with Crippen LogP contribution in [0.15, 0.2) is 41.3 Å². The molecule has 144 valence electrons. The fourth-order valence-electron chi connectivity index (χ4n) is 2.91. The van der Waals surface area contributed by atoms with Gasteiger partial charge in [0, 0.05) is 16.8 Å². The molecule has 3 rings (SSSR count). The summed E-state index contributed by atoms with van der Waals surface area (Å²) in [6.07, 6.45) is 2.25. The predicted octanol–water partition coefficient (Wildman–Crippen LogP) is 3.75. The highest BCUT2D eigenvalue weighted by Gasteiger charge is 2.37. The van der Waals surface area contributed by atoms with Crippen molar-refractivity contribution in [1.82, 2.24) is 4.72 Å². The molecule has 0 aromatic heterocycles. The number of carbonyl (C=O) groups excluding carboxylic acids is 1. The fourth-order valence-corrected chi connectivity index (χ4v) is 4.48. The van der Waals surface area contributed by atoms with Crippen molar-refractivity contribution in [3.05, 3.63) is 59.2 Å². The minimum absolute atomic E-state index is 0.0449. The van der Waals surface area contributed by atoms with Gasteiger partial charge in [0.1, 0.15) is 16.5 Å². The summed E-state index contributed by atoms with van der Waals surface area (Å²) in [6, 6.07) is 7.29. The first-order chi connectivity index (χ1) is 12.6. The maximum atomic E-state index is 14.1. The number of benzene rings is 2. The molecule has 1 aliphatic rings. The highest BCUT2D eigenvalue weighted by Crippen LogP contribution is 2.33. The number of carbonyl (C=O) groups is 1. The molecule has 0 radical (unpaired) electrons. The molecule has 1 saturated carbocycles. The van der Waals surface area contributed by atoms with E-state index in [1.165, 1.54) is 18.2 Å². The quantitative estimate of drug-likeness (QED) is 0.811. The Balaban J connectivity index is 1.85. The maximum Gasteiger partial charge on any atom is 0.255 e. The van der Waals surface area contributed by atoms with Gasteiger partial charge in [0.15, 0.2) is 0 Å². The molecule has 27 heavy (non-hydrogen) atoms. The highest BCUT2D eigenvalue weighted by molar-refractivity contribution is 7.89. The predicted molar refractivity (Wildman–Crippen MR) is 98.1 cm³/mol. The van der Waals surface area contributed by atoms with E-state index < -0.39 is 38.0 Å². The van der Waals surface area contributed by atoms with Gasteiger partial charge in [-0.3, -0.25) is 4.79 Å². The van der Waals surface area contributed by atoms with Gasteiger partial charge in [-0.25, -0.2) is 21.9 Å². The Morgan fingerprint density at radius 2 is 1.78 bits per heavy atom. The second kappa shape index (κ2) is 7.01. The summed E-state index contributed by atoms with van der Waals surface area (Å²) in [5.74, 6) is -2.08. The average molecular weight is 394 g/mol. The van der Waals surface area contributed by atoms with Crippen molar-refractivity contribution in [3.63, 3.8) is 0 Å². The van der Waals surface area contributed by atoms with Crippen molar-refractivity contribution < 1.29 is 22.0 Å². The maximum absolute atomic E-state index is 14.1. The van der Waals surface area contributed by atoms with Gasteiger partial charge in [-0.05, 0) is 69.0 Å². The number of amides is 1. The molecule has 0 unspecified atom stereocenters. The summed E-state index contributed by atoms with van der Waals surface area (Å²) in [6.45, 7) is 3.35. The van der Waals surface area contributed by atoms with Crippen LogP contribution in [0.25, 0.3) is 0 Å². The summed E-state index contributed by atoms with van der Waals surface area (Å²) in [5.41, 5.74) is 0.00959. The summed E-state index contributed by atoms with van der Waals surface area (Å²) in [4.78, 5) is 11.8. The van der Waals surface area contributed by atoms with Gasteiger partial charge < -0.3 is 5.32 Å². The Hall–Kier alpha value is -2.32. The number of hydrogen-bond donors (Lipinski definition) is 2. The van der Waals surface area contributed by atoms with Crippen LogP contribution >= 0.6 is 0 Å². The Kier molecular flexibility index (Phi) is 5.05. The molecule has 2 aromatic rings. The first kappa shape index (κ1) is 19.4. The van der Waals surface area contributed by atoms with Gasteiger partial charge in [0.05, 0.1) is 0 Å². The summed E-state index contributed by atoms with van der Waals surface area (Å²) in [7, 11) is -4.12. The van der Waals surface area contributed by atoms with Crippen molar-refractivity contribution in [3.8, 4) is 0 Å². The van der Waals surface area contributed by atoms with Gasteiger partial charge in [0.2, 0.25) is 10.0 Å². The Morgan fingerprint density at radius 1 is 1.07 bits per heavy atom. The molecule has 5 nitrogen and oxygen atoms in total. The zero-order valence-corrected chi connectivity index (χ0v) is 15.8. The van der Waals surface area contributed by atoms with Crippen LogP contribution in [-0.2, 0) is 10.0 Å². The number of anilines is 1. The molecule has 0 heterocycles. The Bertz CT molecular complexity index is 1000. The number of aryl methyl sites for hydroxylation is 1. The lowest BCUT2D eigenvalue weighted by Gasteiger charge is -2.38. The van der Waals surface area contributed by atoms with E-state index in [9.17, 15) is 22.0 Å². The smallest absolute Gasteiger partial charge is 0.255 e. The van der Waals surface area contributed by atoms with Crippen LogP contribution in [0.5, 0.6) is 0 Å². The average Bonchev–Trinajstić information content (AvgIpc) is 2.56. The summed E-state index contributed by atoms with van der Waals surface area (Å²) >= 11 is 0. The third kappa shape index (κ3) is 4.17. The molecule has 0 spiro atoms. The van der Waals surface area contributed by atoms with E-state index in [1.807, 2.05) is 0 Å². The van der Waals surface area contributed by atoms with Gasteiger partial charge in [-0.1, -0.05) is 6.07 Å². The van der Waals surface area contributed by atoms with Gasteiger partial charge in [-0.15, -0.1) is 0 Å². The lowest BCUT2D eigenvalue weighted by atomic mass is 9.80. The van der Waals surface area contributed by atoms with Gasteiger partial charge in [0.25, 0.3) is 5.91 Å². The number of rotatable bonds is 5. The first-order valence-corrected chi connectivity index (χ1v) is 9.99. The van der Waals surface area contributed by atoms with Crippen molar-refractivity contribution in [2.45, 2.75) is 43.5 Å². The second-order valence-electron chi connectivity index (χ2n) is 7.08. The number of nitrogens with one attached hydrogen (secondary N) is 2. The largest absolute Gasteiger partial charge is 0.322 e. The molecule has 0 bridgehead atoms. The van der Waals surface area contributed by atoms with Crippen molar-refractivity contribution in [1.29, 1.82) is 0 Å². The molecular weight excluding hydrogens is 374 g/mol. The van der Waals surface area contributed by atoms with Crippen LogP contribution in [0.4, 0.5) is 14.5 Å². The van der Waals surface area contributed by atoms with Crippen molar-refractivity contribution >= 4 is 21.6 Å².